The van der Waals surface area contributed by atoms with Crippen molar-refractivity contribution in [2.24, 2.45) is 0 Å². The Labute approximate surface area is 151 Å². The van der Waals surface area contributed by atoms with Gasteiger partial charge in [0, 0.05) is 17.0 Å². The van der Waals surface area contributed by atoms with Crippen molar-refractivity contribution >= 4 is 35.1 Å². The Hall–Kier alpha value is -2.25. The van der Waals surface area contributed by atoms with Crippen molar-refractivity contribution in [3.63, 3.8) is 0 Å². The first-order valence-corrected chi connectivity index (χ1v) is 7.32. The molecule has 0 aliphatic carbocycles. The van der Waals surface area contributed by atoms with Crippen molar-refractivity contribution in [2.75, 3.05) is 0 Å². The van der Waals surface area contributed by atoms with Crippen molar-refractivity contribution in [3.05, 3.63) is 64.1 Å². The highest BCUT2D eigenvalue weighted by molar-refractivity contribution is 6.34. The van der Waals surface area contributed by atoms with Gasteiger partial charge in [0.05, 0.1) is 0 Å². The van der Waals surface area contributed by atoms with Crippen LogP contribution in [0.15, 0.2) is 48.5 Å². The minimum absolute atomic E-state index is 0.472. The largest absolute Gasteiger partial charge is 0.573 e. The van der Waals surface area contributed by atoms with Crippen LogP contribution >= 0.6 is 23.2 Å². The molecule has 0 unspecified atom stereocenters. The number of halogens is 5. The van der Waals surface area contributed by atoms with Gasteiger partial charge in [-0.05, 0) is 30.3 Å². The van der Waals surface area contributed by atoms with Gasteiger partial charge < -0.3 is 9.47 Å². The van der Waals surface area contributed by atoms with Gasteiger partial charge in [0.1, 0.15) is 11.3 Å². The molecule has 4 nitrogen and oxygen atoms in total. The second-order valence-electron chi connectivity index (χ2n) is 4.36. The third kappa shape index (κ3) is 8.42. The summed E-state index contributed by atoms with van der Waals surface area (Å²) < 4.78 is 43.8. The Balaban J connectivity index is 0.000000324. The number of esters is 2. The molecule has 0 amide bonds. The average Bonchev–Trinajstić information content (AvgIpc) is 2.45. The predicted octanol–water partition coefficient (Wildman–Crippen LogP) is 5.28. The molecule has 9 heteroatoms. The fourth-order valence-corrected chi connectivity index (χ4v) is 1.93. The van der Waals surface area contributed by atoms with Gasteiger partial charge in [0.25, 0.3) is 0 Å². The lowest BCUT2D eigenvalue weighted by atomic mass is 10.2. The Morgan fingerprint density at radius 1 is 0.960 bits per heavy atom. The molecule has 25 heavy (non-hydrogen) atoms. The second kappa shape index (κ2) is 9.29. The maximum atomic E-state index is 12.0. The molecule has 0 saturated carbocycles. The maximum Gasteiger partial charge on any atom is 0.573 e. The Bertz CT molecular complexity index is 731. The first-order valence-electron chi connectivity index (χ1n) is 6.57. The summed E-state index contributed by atoms with van der Waals surface area (Å²) in [4.78, 5) is 21.8. The Morgan fingerprint density at radius 2 is 1.52 bits per heavy atom. The summed E-state index contributed by atoms with van der Waals surface area (Å²) >= 11 is 11.1. The molecule has 2 aromatic rings. The number of alkyl halides is 3. The number of para-hydroxylation sites is 1. The van der Waals surface area contributed by atoms with Gasteiger partial charge >= 0.3 is 18.3 Å². The van der Waals surface area contributed by atoms with Crippen molar-refractivity contribution in [2.45, 2.75) is 13.3 Å². The van der Waals surface area contributed by atoms with E-state index in [1.807, 2.05) is 6.07 Å². The summed E-state index contributed by atoms with van der Waals surface area (Å²) in [6.45, 7) is 0.963. The molecular formula is C16H11Cl2F3O4. The van der Waals surface area contributed by atoms with Crippen LogP contribution in [-0.2, 0) is 9.53 Å². The van der Waals surface area contributed by atoms with Crippen molar-refractivity contribution in [1.82, 2.24) is 0 Å². The molecule has 0 aliphatic heterocycles. The highest BCUT2D eigenvalue weighted by Crippen LogP contribution is 2.26. The lowest BCUT2D eigenvalue weighted by Gasteiger charge is -2.11. The fourth-order valence-electron chi connectivity index (χ4n) is 1.49. The summed E-state index contributed by atoms with van der Waals surface area (Å²) in [7, 11) is 0. The van der Waals surface area contributed by atoms with Crippen LogP contribution in [0.1, 0.15) is 17.3 Å². The minimum Gasteiger partial charge on any atom is -0.405 e. The average molecular weight is 395 g/mol. The summed E-state index contributed by atoms with van der Waals surface area (Å²) in [5.74, 6) is -2.83. The molecule has 0 aliphatic rings. The molecule has 0 atom stereocenters. The van der Waals surface area contributed by atoms with Crippen molar-refractivity contribution in [1.29, 1.82) is 0 Å². The van der Waals surface area contributed by atoms with E-state index >= 15 is 0 Å². The van der Waals surface area contributed by atoms with Gasteiger partial charge in [0.15, 0.2) is 0 Å². The number of carbonyl (C=O) groups is 2. The predicted molar refractivity (Wildman–Crippen MR) is 85.7 cm³/mol. The molecule has 134 valence electrons. The second-order valence-corrected chi connectivity index (χ2v) is 5.24. The van der Waals surface area contributed by atoms with Gasteiger partial charge in [-0.2, -0.15) is 0 Å². The minimum atomic E-state index is -4.92. The lowest BCUT2D eigenvalue weighted by Crippen LogP contribution is -2.20. The molecular weight excluding hydrogens is 384 g/mol. The lowest BCUT2D eigenvalue weighted by molar-refractivity contribution is -0.274. The molecule has 0 spiro atoms. The van der Waals surface area contributed by atoms with Gasteiger partial charge in [-0.3, -0.25) is 4.79 Å². The van der Waals surface area contributed by atoms with E-state index in [4.69, 9.17) is 23.2 Å². The van der Waals surface area contributed by atoms with Gasteiger partial charge in [-0.1, -0.05) is 41.4 Å². The van der Waals surface area contributed by atoms with Gasteiger partial charge in [-0.15, -0.1) is 13.2 Å². The molecule has 0 N–H and O–H groups in total. The molecule has 0 saturated heterocycles. The van der Waals surface area contributed by atoms with E-state index in [0.717, 1.165) is 19.1 Å². The number of rotatable bonds is 2. The molecule has 0 fully saturated rings. The van der Waals surface area contributed by atoms with Crippen molar-refractivity contribution in [3.8, 4) is 5.75 Å². The molecule has 2 aromatic carbocycles. The topological polar surface area (TPSA) is 52.6 Å². The zero-order valence-corrected chi connectivity index (χ0v) is 14.2. The van der Waals surface area contributed by atoms with E-state index in [1.165, 1.54) is 12.1 Å². The van der Waals surface area contributed by atoms with Crippen LogP contribution in [0.2, 0.25) is 10.0 Å². The summed E-state index contributed by atoms with van der Waals surface area (Å²) in [6.07, 6.45) is -4.92. The highest BCUT2D eigenvalue weighted by Gasteiger charge is 2.33. The van der Waals surface area contributed by atoms with Gasteiger partial charge in [-0.25, -0.2) is 4.79 Å². The summed E-state index contributed by atoms with van der Waals surface area (Å²) in [6, 6.07) is 11.7. The SMILES string of the molecule is CC(=O)OC(=O)c1ccccc1OC(F)(F)F.Clc1cccc(Cl)c1. The van der Waals surface area contributed by atoms with Crippen LogP contribution in [0, 0.1) is 0 Å². The van der Waals surface area contributed by atoms with Crippen LogP contribution in [0.4, 0.5) is 13.2 Å². The zero-order chi connectivity index (χ0) is 19.0. The van der Waals surface area contributed by atoms with Crippen LogP contribution in [0.5, 0.6) is 5.75 Å². The molecule has 0 heterocycles. The first-order chi connectivity index (χ1) is 11.6. The molecule has 0 radical (unpaired) electrons. The fraction of sp³-hybridized carbons (Fsp3) is 0.125. The van der Waals surface area contributed by atoms with E-state index in [2.05, 4.69) is 9.47 Å². The molecule has 2 rings (SSSR count). The highest BCUT2D eigenvalue weighted by atomic mass is 35.5. The zero-order valence-electron chi connectivity index (χ0n) is 12.6. The standard InChI is InChI=1S/C10H7F3O4.C6H4Cl2/c1-6(14)16-9(15)7-4-2-3-5-8(7)17-10(11,12)13;7-5-2-1-3-6(8)4-5/h2-5H,1H3;1-4H. The van der Waals surface area contributed by atoms with E-state index in [1.54, 1.807) is 18.2 Å². The number of hydrogen-bond donors (Lipinski definition) is 0. The summed E-state index contributed by atoms with van der Waals surface area (Å²) in [5.41, 5.74) is -0.472. The normalized spacial score (nSPS) is 10.3. The van der Waals surface area contributed by atoms with E-state index < -0.39 is 29.6 Å². The smallest absolute Gasteiger partial charge is 0.405 e. The third-order valence-corrected chi connectivity index (χ3v) is 2.83. The van der Waals surface area contributed by atoms with E-state index in [9.17, 15) is 22.8 Å². The van der Waals surface area contributed by atoms with Crippen LogP contribution in [-0.4, -0.2) is 18.3 Å². The summed E-state index contributed by atoms with van der Waals surface area (Å²) in [5, 5.41) is 1.36. The van der Waals surface area contributed by atoms with E-state index in [0.29, 0.717) is 10.0 Å². The van der Waals surface area contributed by atoms with Crippen molar-refractivity contribution < 1.29 is 32.2 Å². The number of carbonyl (C=O) groups excluding carboxylic acids is 2. The number of benzene rings is 2. The van der Waals surface area contributed by atoms with E-state index in [-0.39, 0.29) is 0 Å². The Morgan fingerprint density at radius 3 is 1.96 bits per heavy atom. The monoisotopic (exact) mass is 394 g/mol. The quantitative estimate of drug-likeness (QED) is 0.513. The maximum absolute atomic E-state index is 12.0. The molecule has 0 bridgehead atoms. The Kier molecular flexibility index (Phi) is 7.73. The third-order valence-electron chi connectivity index (χ3n) is 2.36. The molecule has 0 aromatic heterocycles. The van der Waals surface area contributed by atoms with Gasteiger partial charge in [0.2, 0.25) is 0 Å². The van der Waals surface area contributed by atoms with Crippen LogP contribution in [0.25, 0.3) is 0 Å². The first kappa shape index (κ1) is 20.8. The number of ether oxygens (including phenoxy) is 2. The number of hydrogen-bond acceptors (Lipinski definition) is 4. The van der Waals surface area contributed by atoms with Crippen LogP contribution in [0.3, 0.4) is 0 Å². The van der Waals surface area contributed by atoms with Crippen LogP contribution < -0.4 is 4.74 Å².